The zero-order valence-corrected chi connectivity index (χ0v) is 15.7. The van der Waals surface area contributed by atoms with Crippen molar-refractivity contribution in [2.24, 2.45) is 0 Å². The SMILES string of the molecule is COc1ccc(S(=O)(=O)N2c3ccccc3-c3ccccc3C2C)cc1F. The fourth-order valence-electron chi connectivity index (χ4n) is 3.59. The molecule has 3 aromatic rings. The molecule has 0 radical (unpaired) electrons. The van der Waals surface area contributed by atoms with E-state index in [1.165, 1.54) is 23.5 Å². The number of hydrogen-bond donors (Lipinski definition) is 0. The Kier molecular flexibility index (Phi) is 4.15. The van der Waals surface area contributed by atoms with Crippen LogP contribution < -0.4 is 9.04 Å². The van der Waals surface area contributed by atoms with Crippen molar-refractivity contribution in [1.29, 1.82) is 0 Å². The molecule has 1 heterocycles. The van der Waals surface area contributed by atoms with Crippen LogP contribution in [0, 0.1) is 5.82 Å². The molecule has 0 saturated heterocycles. The number of halogens is 1. The second kappa shape index (κ2) is 6.39. The molecule has 0 aliphatic carbocycles. The third-order valence-corrected chi connectivity index (χ3v) is 6.75. The second-order valence-corrected chi connectivity index (χ2v) is 8.19. The van der Waals surface area contributed by atoms with E-state index in [9.17, 15) is 12.8 Å². The summed E-state index contributed by atoms with van der Waals surface area (Å²) in [7, 11) is -2.64. The van der Waals surface area contributed by atoms with Gasteiger partial charge < -0.3 is 4.74 Å². The van der Waals surface area contributed by atoms with Crippen LogP contribution in [0.2, 0.25) is 0 Å². The van der Waals surface area contributed by atoms with Crippen LogP contribution in [0.5, 0.6) is 5.75 Å². The smallest absolute Gasteiger partial charge is 0.265 e. The Hall–Kier alpha value is -2.86. The van der Waals surface area contributed by atoms with Gasteiger partial charge in [-0.15, -0.1) is 0 Å². The van der Waals surface area contributed by atoms with Gasteiger partial charge in [-0.3, -0.25) is 4.31 Å². The Morgan fingerprint density at radius 1 is 0.963 bits per heavy atom. The highest BCUT2D eigenvalue weighted by molar-refractivity contribution is 7.92. The van der Waals surface area contributed by atoms with Crippen molar-refractivity contribution < 1.29 is 17.5 Å². The molecule has 0 aromatic heterocycles. The topological polar surface area (TPSA) is 46.6 Å². The van der Waals surface area contributed by atoms with Crippen molar-refractivity contribution in [3.8, 4) is 16.9 Å². The molecule has 6 heteroatoms. The molecule has 4 rings (SSSR count). The van der Waals surface area contributed by atoms with Crippen molar-refractivity contribution in [3.63, 3.8) is 0 Å². The van der Waals surface area contributed by atoms with E-state index in [1.807, 2.05) is 43.3 Å². The lowest BCUT2D eigenvalue weighted by Crippen LogP contribution is -2.36. The first-order valence-corrected chi connectivity index (χ1v) is 9.95. The van der Waals surface area contributed by atoms with Crippen LogP contribution in [-0.4, -0.2) is 15.5 Å². The molecule has 138 valence electrons. The predicted octanol–water partition coefficient (Wildman–Crippen LogP) is 4.77. The van der Waals surface area contributed by atoms with Gasteiger partial charge in [-0.25, -0.2) is 12.8 Å². The lowest BCUT2D eigenvalue weighted by atomic mass is 9.90. The van der Waals surface area contributed by atoms with Gasteiger partial charge in [0.05, 0.1) is 23.7 Å². The Labute approximate surface area is 157 Å². The van der Waals surface area contributed by atoms with Crippen LogP contribution in [0.1, 0.15) is 18.5 Å². The number of ether oxygens (including phenoxy) is 1. The predicted molar refractivity (Wildman–Crippen MR) is 103 cm³/mol. The third kappa shape index (κ3) is 2.68. The van der Waals surface area contributed by atoms with E-state index in [2.05, 4.69) is 0 Å². The minimum Gasteiger partial charge on any atom is -0.494 e. The Morgan fingerprint density at radius 3 is 2.33 bits per heavy atom. The molecule has 0 N–H and O–H groups in total. The normalized spacial score (nSPS) is 15.8. The van der Waals surface area contributed by atoms with Crippen molar-refractivity contribution in [2.45, 2.75) is 17.9 Å². The standard InChI is InChI=1S/C21H18FNO3S/c1-14-16-7-3-4-8-17(16)18-9-5-6-10-20(18)23(14)27(24,25)15-11-12-21(26-2)19(22)13-15/h3-14H,1-2H3. The lowest BCUT2D eigenvalue weighted by Gasteiger charge is -2.37. The summed E-state index contributed by atoms with van der Waals surface area (Å²) in [5, 5.41) is 0. The molecule has 1 aliphatic heterocycles. The van der Waals surface area contributed by atoms with Crippen LogP contribution in [0.25, 0.3) is 11.1 Å². The summed E-state index contributed by atoms with van der Waals surface area (Å²) in [5.41, 5.74) is 3.34. The Bertz CT molecular complexity index is 1130. The largest absolute Gasteiger partial charge is 0.494 e. The van der Waals surface area contributed by atoms with Crippen molar-refractivity contribution in [2.75, 3.05) is 11.4 Å². The molecule has 1 atom stereocenters. The lowest BCUT2D eigenvalue weighted by molar-refractivity contribution is 0.385. The number of sulfonamides is 1. The highest BCUT2D eigenvalue weighted by Crippen LogP contribution is 2.46. The molecule has 1 aliphatic rings. The van der Waals surface area contributed by atoms with Crippen LogP contribution in [0.4, 0.5) is 10.1 Å². The average Bonchev–Trinajstić information content (AvgIpc) is 2.68. The van der Waals surface area contributed by atoms with Crippen LogP contribution in [-0.2, 0) is 10.0 Å². The maximum Gasteiger partial charge on any atom is 0.265 e. The summed E-state index contributed by atoms with van der Waals surface area (Å²) in [6.07, 6.45) is 0. The minimum atomic E-state index is -3.98. The molecule has 3 aromatic carbocycles. The molecule has 1 unspecified atom stereocenters. The van der Waals surface area contributed by atoms with E-state index in [-0.39, 0.29) is 10.6 Å². The van der Waals surface area contributed by atoms with Crippen LogP contribution in [0.3, 0.4) is 0 Å². The number of hydrogen-bond acceptors (Lipinski definition) is 3. The summed E-state index contributed by atoms with van der Waals surface area (Å²) in [5.74, 6) is -0.705. The van der Waals surface area contributed by atoms with Crippen LogP contribution >= 0.6 is 0 Å². The number of nitrogens with zero attached hydrogens (tertiary/aromatic N) is 1. The van der Waals surface area contributed by atoms with Gasteiger partial charge in [0.1, 0.15) is 0 Å². The molecule has 0 bridgehead atoms. The van der Waals surface area contributed by atoms with E-state index in [0.717, 1.165) is 22.8 Å². The molecular formula is C21H18FNO3S. The summed E-state index contributed by atoms with van der Waals surface area (Å²) in [6.45, 7) is 1.84. The van der Waals surface area contributed by atoms with Crippen molar-refractivity contribution in [1.82, 2.24) is 0 Å². The fourth-order valence-corrected chi connectivity index (χ4v) is 5.26. The molecule has 0 saturated carbocycles. The summed E-state index contributed by atoms with van der Waals surface area (Å²) in [6, 6.07) is 18.4. The number of fused-ring (bicyclic) bond motifs is 3. The zero-order chi connectivity index (χ0) is 19.2. The molecular weight excluding hydrogens is 365 g/mol. The van der Waals surface area contributed by atoms with E-state index >= 15 is 0 Å². The third-order valence-electron chi connectivity index (χ3n) is 4.87. The van der Waals surface area contributed by atoms with Gasteiger partial charge in [0.25, 0.3) is 10.0 Å². The maximum absolute atomic E-state index is 14.2. The fraction of sp³-hybridized carbons (Fsp3) is 0.143. The first-order valence-electron chi connectivity index (χ1n) is 8.51. The zero-order valence-electron chi connectivity index (χ0n) is 14.9. The van der Waals surface area contributed by atoms with Crippen LogP contribution in [0.15, 0.2) is 71.6 Å². The van der Waals surface area contributed by atoms with Crippen molar-refractivity contribution >= 4 is 15.7 Å². The molecule has 4 nitrogen and oxygen atoms in total. The van der Waals surface area contributed by atoms with Gasteiger partial charge in [0, 0.05) is 5.56 Å². The molecule has 0 spiro atoms. The first kappa shape index (κ1) is 17.5. The highest BCUT2D eigenvalue weighted by Gasteiger charge is 2.36. The summed E-state index contributed by atoms with van der Waals surface area (Å²) >= 11 is 0. The minimum absolute atomic E-state index is 0.00592. The number of para-hydroxylation sites is 1. The first-order chi connectivity index (χ1) is 12.9. The van der Waals surface area contributed by atoms with Crippen molar-refractivity contribution in [3.05, 3.63) is 78.1 Å². The van der Waals surface area contributed by atoms with Gasteiger partial charge in [-0.2, -0.15) is 0 Å². The number of methoxy groups -OCH3 is 1. The highest BCUT2D eigenvalue weighted by atomic mass is 32.2. The van der Waals surface area contributed by atoms with E-state index in [4.69, 9.17) is 4.74 Å². The average molecular weight is 383 g/mol. The molecule has 27 heavy (non-hydrogen) atoms. The number of rotatable bonds is 3. The second-order valence-electron chi connectivity index (χ2n) is 6.38. The monoisotopic (exact) mass is 383 g/mol. The van der Waals surface area contributed by atoms with E-state index in [1.54, 1.807) is 12.1 Å². The van der Waals surface area contributed by atoms with E-state index < -0.39 is 21.9 Å². The summed E-state index contributed by atoms with van der Waals surface area (Å²) in [4.78, 5) is -0.109. The quantitative estimate of drug-likeness (QED) is 0.654. The van der Waals surface area contributed by atoms with Gasteiger partial charge in [0.2, 0.25) is 0 Å². The Balaban J connectivity index is 1.92. The van der Waals surface area contributed by atoms with Gasteiger partial charge in [-0.05, 0) is 42.3 Å². The summed E-state index contributed by atoms with van der Waals surface area (Å²) < 4.78 is 47.3. The Morgan fingerprint density at radius 2 is 1.63 bits per heavy atom. The van der Waals surface area contributed by atoms with Gasteiger partial charge >= 0.3 is 0 Å². The molecule has 0 amide bonds. The van der Waals surface area contributed by atoms with Gasteiger partial charge in [-0.1, -0.05) is 42.5 Å². The number of benzene rings is 3. The molecule has 0 fully saturated rings. The van der Waals surface area contributed by atoms with E-state index in [0.29, 0.717) is 5.69 Å². The number of anilines is 1. The maximum atomic E-state index is 14.2. The van der Waals surface area contributed by atoms with Gasteiger partial charge in [0.15, 0.2) is 11.6 Å².